The summed E-state index contributed by atoms with van der Waals surface area (Å²) >= 11 is 0. The third kappa shape index (κ3) is 3.67. The Kier molecular flexibility index (Phi) is 5.44. The Bertz CT molecular complexity index is 484. The van der Waals surface area contributed by atoms with Crippen LogP contribution in [0.5, 0.6) is 5.75 Å². The van der Waals surface area contributed by atoms with Gasteiger partial charge in [-0.2, -0.15) is 0 Å². The van der Waals surface area contributed by atoms with Crippen LogP contribution in [0.1, 0.15) is 30.6 Å². The largest absolute Gasteiger partial charge is 0.493 e. The number of carbonyl (C=O) groups is 1. The lowest BCUT2D eigenvalue weighted by Crippen LogP contribution is -2.36. The van der Waals surface area contributed by atoms with Gasteiger partial charge in [-0.1, -0.05) is 6.07 Å². The lowest BCUT2D eigenvalue weighted by molar-refractivity contribution is 0.0728. The van der Waals surface area contributed by atoms with Crippen molar-refractivity contribution < 1.29 is 14.3 Å². The summed E-state index contributed by atoms with van der Waals surface area (Å²) in [7, 11) is 0. The highest BCUT2D eigenvalue weighted by molar-refractivity contribution is 6.01. The predicted molar refractivity (Wildman–Crippen MR) is 82.5 cm³/mol. The fourth-order valence-corrected chi connectivity index (χ4v) is 2.61. The maximum atomic E-state index is 12.8. The van der Waals surface area contributed by atoms with Crippen molar-refractivity contribution in [2.75, 3.05) is 38.6 Å². The molecule has 1 amide bonds. The van der Waals surface area contributed by atoms with Gasteiger partial charge >= 0.3 is 0 Å². The zero-order chi connectivity index (χ0) is 15.2. The number of benzene rings is 1. The van der Waals surface area contributed by atoms with Gasteiger partial charge in [0.05, 0.1) is 13.2 Å². The highest BCUT2D eigenvalue weighted by Gasteiger charge is 2.25. The molecule has 5 nitrogen and oxygen atoms in total. The molecule has 2 N–H and O–H groups in total. The second-order valence-corrected chi connectivity index (χ2v) is 5.23. The lowest BCUT2D eigenvalue weighted by atomic mass is 10.1. The normalized spacial score (nSPS) is 17.7. The summed E-state index contributed by atoms with van der Waals surface area (Å²) in [5.74, 6) is 0.906. The number of nitrogens with two attached hydrogens (primary N) is 1. The molecule has 0 aliphatic carbocycles. The number of hydrogen-bond acceptors (Lipinski definition) is 4. The molecule has 2 rings (SSSR count). The van der Waals surface area contributed by atoms with Crippen molar-refractivity contribution in [3.8, 4) is 5.75 Å². The number of nitrogen functional groups attached to an aromatic ring is 1. The fourth-order valence-electron chi connectivity index (χ4n) is 2.61. The first kappa shape index (κ1) is 15.6. The molecule has 0 spiro atoms. The highest BCUT2D eigenvalue weighted by Crippen LogP contribution is 2.27. The van der Waals surface area contributed by atoms with Gasteiger partial charge in [-0.25, -0.2) is 0 Å². The smallest absolute Gasteiger partial charge is 0.259 e. The topological polar surface area (TPSA) is 64.8 Å². The summed E-state index contributed by atoms with van der Waals surface area (Å²) in [5.41, 5.74) is 6.94. The summed E-state index contributed by atoms with van der Waals surface area (Å²) in [6.45, 7) is 7.25. The van der Waals surface area contributed by atoms with E-state index < -0.39 is 0 Å². The van der Waals surface area contributed by atoms with Crippen LogP contribution in [0.4, 0.5) is 5.69 Å². The molecule has 5 heteroatoms. The van der Waals surface area contributed by atoms with Crippen LogP contribution in [-0.2, 0) is 4.74 Å². The molecule has 0 aromatic heterocycles. The van der Waals surface area contributed by atoms with Crippen LogP contribution in [0.25, 0.3) is 0 Å². The van der Waals surface area contributed by atoms with Crippen LogP contribution in [0, 0.1) is 5.92 Å². The molecule has 1 fully saturated rings. The summed E-state index contributed by atoms with van der Waals surface area (Å²) in [5, 5.41) is 0. The molecular weight excluding hydrogens is 268 g/mol. The molecule has 1 unspecified atom stereocenters. The third-order valence-corrected chi connectivity index (χ3v) is 3.74. The number of amides is 1. The van der Waals surface area contributed by atoms with Crippen LogP contribution < -0.4 is 10.5 Å². The molecular formula is C16H24N2O3. The Morgan fingerprint density at radius 1 is 1.48 bits per heavy atom. The maximum absolute atomic E-state index is 12.8. The first-order valence-electron chi connectivity index (χ1n) is 7.55. The minimum atomic E-state index is -0.0639. The number of ether oxygens (including phenoxy) is 2. The average Bonchev–Trinajstić information content (AvgIpc) is 2.98. The van der Waals surface area contributed by atoms with Crippen molar-refractivity contribution in [1.82, 2.24) is 4.90 Å². The van der Waals surface area contributed by atoms with Crippen LogP contribution in [0.15, 0.2) is 18.2 Å². The van der Waals surface area contributed by atoms with E-state index in [9.17, 15) is 4.79 Å². The van der Waals surface area contributed by atoms with Gasteiger partial charge in [0, 0.05) is 31.3 Å². The standard InChI is InChI=1S/C16H24N2O3/c1-3-18(10-12-8-9-20-11-12)16(19)15-13(17)6-5-7-14(15)21-4-2/h5-7,12H,3-4,8-11,17H2,1-2H3. The van der Waals surface area contributed by atoms with E-state index in [2.05, 4.69) is 0 Å². The number of rotatable bonds is 6. The summed E-state index contributed by atoms with van der Waals surface area (Å²) in [6.07, 6.45) is 1.01. The van der Waals surface area contributed by atoms with Crippen molar-refractivity contribution >= 4 is 11.6 Å². The summed E-state index contributed by atoms with van der Waals surface area (Å²) in [4.78, 5) is 14.6. The van der Waals surface area contributed by atoms with Gasteiger partial charge in [-0.3, -0.25) is 4.79 Å². The van der Waals surface area contributed by atoms with E-state index in [1.165, 1.54) is 0 Å². The Hall–Kier alpha value is -1.75. The number of hydrogen-bond donors (Lipinski definition) is 1. The van der Waals surface area contributed by atoms with E-state index in [0.29, 0.717) is 42.6 Å². The number of carbonyl (C=O) groups excluding carboxylic acids is 1. The molecule has 0 saturated carbocycles. The lowest BCUT2D eigenvalue weighted by Gasteiger charge is -2.25. The quantitative estimate of drug-likeness (QED) is 0.816. The van der Waals surface area contributed by atoms with Crippen LogP contribution in [0.2, 0.25) is 0 Å². The molecule has 1 heterocycles. The molecule has 1 atom stereocenters. The molecule has 0 bridgehead atoms. The van der Waals surface area contributed by atoms with Gasteiger partial charge in [0.2, 0.25) is 0 Å². The fraction of sp³-hybridized carbons (Fsp3) is 0.562. The Morgan fingerprint density at radius 2 is 2.29 bits per heavy atom. The van der Waals surface area contributed by atoms with Gasteiger partial charge < -0.3 is 20.1 Å². The van der Waals surface area contributed by atoms with Gasteiger partial charge in [0.1, 0.15) is 11.3 Å². The molecule has 1 saturated heterocycles. The SMILES string of the molecule is CCOc1cccc(N)c1C(=O)N(CC)CC1CCOC1. The van der Waals surface area contributed by atoms with E-state index in [0.717, 1.165) is 19.6 Å². The van der Waals surface area contributed by atoms with Crippen LogP contribution in [0.3, 0.4) is 0 Å². The monoisotopic (exact) mass is 292 g/mol. The average molecular weight is 292 g/mol. The van der Waals surface area contributed by atoms with Crippen molar-refractivity contribution in [2.24, 2.45) is 5.92 Å². The molecule has 116 valence electrons. The molecule has 1 aromatic rings. The van der Waals surface area contributed by atoms with Crippen molar-refractivity contribution in [1.29, 1.82) is 0 Å². The van der Waals surface area contributed by atoms with Crippen molar-refractivity contribution in [2.45, 2.75) is 20.3 Å². The molecule has 21 heavy (non-hydrogen) atoms. The first-order valence-corrected chi connectivity index (χ1v) is 7.55. The zero-order valence-corrected chi connectivity index (χ0v) is 12.8. The predicted octanol–water partition coefficient (Wildman–Crippen LogP) is 2.17. The third-order valence-electron chi connectivity index (χ3n) is 3.74. The van der Waals surface area contributed by atoms with E-state index in [1.807, 2.05) is 18.7 Å². The Morgan fingerprint density at radius 3 is 2.90 bits per heavy atom. The maximum Gasteiger partial charge on any atom is 0.259 e. The van der Waals surface area contributed by atoms with E-state index >= 15 is 0 Å². The van der Waals surface area contributed by atoms with Crippen LogP contribution in [-0.4, -0.2) is 43.7 Å². The van der Waals surface area contributed by atoms with Crippen molar-refractivity contribution in [3.05, 3.63) is 23.8 Å². The van der Waals surface area contributed by atoms with Gasteiger partial charge in [0.25, 0.3) is 5.91 Å². The number of nitrogens with zero attached hydrogens (tertiary/aromatic N) is 1. The molecule has 1 aliphatic rings. The van der Waals surface area contributed by atoms with E-state index in [1.54, 1.807) is 18.2 Å². The zero-order valence-electron chi connectivity index (χ0n) is 12.8. The summed E-state index contributed by atoms with van der Waals surface area (Å²) in [6, 6.07) is 5.33. The van der Waals surface area contributed by atoms with Crippen LogP contribution >= 0.6 is 0 Å². The minimum Gasteiger partial charge on any atom is -0.493 e. The first-order chi connectivity index (χ1) is 10.2. The van der Waals surface area contributed by atoms with E-state index in [-0.39, 0.29) is 5.91 Å². The second kappa shape index (κ2) is 7.31. The summed E-state index contributed by atoms with van der Waals surface area (Å²) < 4.78 is 10.9. The van der Waals surface area contributed by atoms with Crippen molar-refractivity contribution in [3.63, 3.8) is 0 Å². The second-order valence-electron chi connectivity index (χ2n) is 5.23. The molecule has 1 aromatic carbocycles. The Balaban J connectivity index is 2.20. The van der Waals surface area contributed by atoms with Gasteiger partial charge in [-0.05, 0) is 32.4 Å². The van der Waals surface area contributed by atoms with E-state index in [4.69, 9.17) is 15.2 Å². The van der Waals surface area contributed by atoms with Gasteiger partial charge in [-0.15, -0.1) is 0 Å². The molecule has 0 radical (unpaired) electrons. The Labute approximate surface area is 126 Å². The number of anilines is 1. The minimum absolute atomic E-state index is 0.0639. The van der Waals surface area contributed by atoms with Gasteiger partial charge in [0.15, 0.2) is 0 Å². The highest BCUT2D eigenvalue weighted by atomic mass is 16.5. The molecule has 1 aliphatic heterocycles.